The van der Waals surface area contributed by atoms with Gasteiger partial charge in [-0.05, 0) is 49.1 Å². The van der Waals surface area contributed by atoms with Crippen molar-refractivity contribution in [3.05, 3.63) is 53.1 Å². The number of hydrogen-bond donors (Lipinski definition) is 2. The monoisotopic (exact) mass is 478 g/mol. The lowest BCUT2D eigenvalue weighted by Crippen LogP contribution is -2.43. The van der Waals surface area contributed by atoms with E-state index >= 15 is 0 Å². The van der Waals surface area contributed by atoms with Crippen molar-refractivity contribution in [3.8, 4) is 0 Å². The highest BCUT2D eigenvalue weighted by Gasteiger charge is 2.27. The summed E-state index contributed by atoms with van der Waals surface area (Å²) in [7, 11) is -3.69. The minimum Gasteiger partial charge on any atom is -0.355 e. The molecule has 1 aromatic heterocycles. The van der Waals surface area contributed by atoms with Crippen molar-refractivity contribution in [2.24, 2.45) is 11.1 Å². The van der Waals surface area contributed by atoms with Crippen molar-refractivity contribution < 1.29 is 13.2 Å². The van der Waals surface area contributed by atoms with Crippen molar-refractivity contribution in [3.63, 3.8) is 0 Å². The number of rotatable bonds is 6. The van der Waals surface area contributed by atoms with Gasteiger partial charge >= 0.3 is 0 Å². The molecule has 0 aliphatic carbocycles. The van der Waals surface area contributed by atoms with Crippen LogP contribution in [0.5, 0.6) is 0 Å². The van der Waals surface area contributed by atoms with Gasteiger partial charge in [-0.25, -0.2) is 18.5 Å². The molecule has 0 saturated carbocycles. The average molecular weight is 479 g/mol. The maximum Gasteiger partial charge on any atom is 0.238 e. The first-order valence-electron chi connectivity index (χ1n) is 10.0. The van der Waals surface area contributed by atoms with Gasteiger partial charge in [-0.15, -0.1) is 0 Å². The molecule has 0 bridgehead atoms. The van der Waals surface area contributed by atoms with Gasteiger partial charge in [-0.1, -0.05) is 41.1 Å². The first-order valence-corrected chi connectivity index (χ1v) is 12.7. The van der Waals surface area contributed by atoms with Gasteiger partial charge in [0.15, 0.2) is 5.13 Å². The number of nitrogens with one attached hydrogen (secondary N) is 1. The number of benzene rings is 2. The predicted octanol–water partition coefficient (Wildman–Crippen LogP) is 3.17. The fourth-order valence-corrected chi connectivity index (χ4v) is 5.54. The van der Waals surface area contributed by atoms with Crippen molar-refractivity contribution in [2.75, 3.05) is 24.5 Å². The second-order valence-electron chi connectivity index (χ2n) is 7.60. The molecule has 3 aromatic rings. The van der Waals surface area contributed by atoms with E-state index in [-0.39, 0.29) is 16.7 Å². The number of primary sulfonamides is 1. The van der Waals surface area contributed by atoms with Crippen LogP contribution in [0.25, 0.3) is 10.2 Å². The summed E-state index contributed by atoms with van der Waals surface area (Å²) in [5.74, 6) is -0.0639. The Bertz CT molecular complexity index is 1200. The van der Waals surface area contributed by atoms with Gasteiger partial charge in [0.25, 0.3) is 0 Å². The summed E-state index contributed by atoms with van der Waals surface area (Å²) < 4.78 is 23.7. The summed E-state index contributed by atoms with van der Waals surface area (Å²) in [6, 6.07) is 12.2. The molecule has 3 N–H and O–H groups in total. The second kappa shape index (κ2) is 9.12. The van der Waals surface area contributed by atoms with E-state index in [1.54, 1.807) is 23.5 Å². The Morgan fingerprint density at radius 1 is 1.26 bits per heavy atom. The number of fused-ring (bicyclic) bond motifs is 1. The normalized spacial score (nSPS) is 17.1. The molecule has 1 aliphatic heterocycles. The molecule has 1 unspecified atom stereocenters. The maximum atomic E-state index is 12.7. The molecule has 0 spiro atoms. The number of aromatic nitrogens is 1. The zero-order valence-electron chi connectivity index (χ0n) is 16.8. The van der Waals surface area contributed by atoms with Crippen molar-refractivity contribution in [1.82, 2.24) is 10.3 Å². The lowest BCUT2D eigenvalue weighted by molar-refractivity contribution is -0.125. The van der Waals surface area contributed by atoms with Gasteiger partial charge in [0.2, 0.25) is 15.9 Å². The standard InChI is InChI=1S/C21H23ClN4O3S2/c22-17-4-1-5-18-19(17)25-21(30-18)26-12-2-3-15(13-26)20(27)24-11-10-14-6-8-16(9-7-14)31(23,28)29/h1,4-9,15H,2-3,10-13H2,(H,24,27)(H2,23,28,29). The molecule has 7 nitrogen and oxygen atoms in total. The number of hydrogen-bond acceptors (Lipinski definition) is 6. The minimum atomic E-state index is -3.69. The molecule has 1 fully saturated rings. The van der Waals surface area contributed by atoms with Gasteiger partial charge in [0, 0.05) is 19.6 Å². The van der Waals surface area contributed by atoms with Gasteiger partial charge < -0.3 is 10.2 Å². The van der Waals surface area contributed by atoms with E-state index in [1.165, 1.54) is 12.1 Å². The molecule has 1 amide bonds. The lowest BCUT2D eigenvalue weighted by atomic mass is 9.97. The Kier molecular flexibility index (Phi) is 6.47. The number of para-hydroxylation sites is 1. The van der Waals surface area contributed by atoms with Crippen LogP contribution in [0.2, 0.25) is 5.02 Å². The molecule has 1 aliphatic rings. The van der Waals surface area contributed by atoms with Crippen LogP contribution in [-0.4, -0.2) is 38.9 Å². The van der Waals surface area contributed by atoms with E-state index in [1.807, 2.05) is 18.2 Å². The Morgan fingerprint density at radius 3 is 2.74 bits per heavy atom. The smallest absolute Gasteiger partial charge is 0.238 e. The highest BCUT2D eigenvalue weighted by atomic mass is 35.5. The second-order valence-corrected chi connectivity index (χ2v) is 10.6. The Hall–Kier alpha value is -2.20. The number of nitrogens with zero attached hydrogens (tertiary/aromatic N) is 2. The maximum absolute atomic E-state index is 12.7. The van der Waals surface area contributed by atoms with Crippen LogP contribution in [0.1, 0.15) is 18.4 Å². The average Bonchev–Trinajstić information content (AvgIpc) is 3.19. The quantitative estimate of drug-likeness (QED) is 0.566. The van der Waals surface area contributed by atoms with E-state index in [4.69, 9.17) is 16.7 Å². The largest absolute Gasteiger partial charge is 0.355 e. The number of carbonyl (C=O) groups is 1. The predicted molar refractivity (Wildman–Crippen MR) is 124 cm³/mol. The van der Waals surface area contributed by atoms with Crippen LogP contribution in [0.4, 0.5) is 5.13 Å². The zero-order valence-corrected chi connectivity index (χ0v) is 19.1. The molecular formula is C21H23ClN4O3S2. The van der Waals surface area contributed by atoms with Crippen molar-refractivity contribution in [1.29, 1.82) is 0 Å². The Morgan fingerprint density at radius 2 is 2.03 bits per heavy atom. The number of piperidine rings is 1. The fraction of sp³-hybridized carbons (Fsp3) is 0.333. The van der Waals surface area contributed by atoms with Crippen LogP contribution >= 0.6 is 22.9 Å². The number of carbonyl (C=O) groups excluding carboxylic acids is 1. The minimum absolute atomic E-state index is 0.0324. The van der Waals surface area contributed by atoms with E-state index in [0.717, 1.165) is 40.3 Å². The molecular weight excluding hydrogens is 456 g/mol. The van der Waals surface area contributed by atoms with Crippen LogP contribution in [0.3, 0.4) is 0 Å². The summed E-state index contributed by atoms with van der Waals surface area (Å²) in [4.78, 5) is 19.6. The van der Waals surface area contributed by atoms with E-state index in [0.29, 0.717) is 24.5 Å². The molecule has 1 atom stereocenters. The third-order valence-electron chi connectivity index (χ3n) is 5.39. The van der Waals surface area contributed by atoms with Crippen molar-refractivity contribution >= 4 is 54.2 Å². The summed E-state index contributed by atoms with van der Waals surface area (Å²) in [6.07, 6.45) is 2.39. The van der Waals surface area contributed by atoms with E-state index < -0.39 is 10.0 Å². The van der Waals surface area contributed by atoms with Crippen LogP contribution < -0.4 is 15.4 Å². The number of sulfonamides is 1. The van der Waals surface area contributed by atoms with Gasteiger partial charge in [-0.3, -0.25) is 4.79 Å². The van der Waals surface area contributed by atoms with Crippen molar-refractivity contribution in [2.45, 2.75) is 24.2 Å². The SMILES string of the molecule is NS(=O)(=O)c1ccc(CCNC(=O)C2CCCN(c3nc4c(Cl)cccc4s3)C2)cc1. The molecule has 2 aromatic carbocycles. The molecule has 31 heavy (non-hydrogen) atoms. The summed E-state index contributed by atoms with van der Waals surface area (Å²) in [6.45, 7) is 1.99. The number of nitrogens with two attached hydrogens (primary N) is 1. The van der Waals surface area contributed by atoms with Crippen LogP contribution in [-0.2, 0) is 21.2 Å². The Balaban J connectivity index is 1.33. The molecule has 0 radical (unpaired) electrons. The van der Waals surface area contributed by atoms with Gasteiger partial charge in [-0.2, -0.15) is 0 Å². The number of amides is 1. The van der Waals surface area contributed by atoms with Crippen LogP contribution in [0.15, 0.2) is 47.4 Å². The summed E-state index contributed by atoms with van der Waals surface area (Å²) in [5.41, 5.74) is 1.74. The molecule has 2 heterocycles. The number of halogens is 1. The molecule has 10 heteroatoms. The molecule has 1 saturated heterocycles. The molecule has 4 rings (SSSR count). The van der Waals surface area contributed by atoms with Gasteiger partial charge in [0.1, 0.15) is 5.52 Å². The fourth-order valence-electron chi connectivity index (χ4n) is 3.72. The third-order valence-corrected chi connectivity index (χ3v) is 7.70. The zero-order chi connectivity index (χ0) is 22.0. The van der Waals surface area contributed by atoms with E-state index in [2.05, 4.69) is 15.2 Å². The summed E-state index contributed by atoms with van der Waals surface area (Å²) >= 11 is 7.85. The lowest BCUT2D eigenvalue weighted by Gasteiger charge is -2.31. The molecule has 164 valence electrons. The number of thiazole rings is 1. The van der Waals surface area contributed by atoms with Gasteiger partial charge in [0.05, 0.1) is 20.5 Å². The third kappa shape index (κ3) is 5.17. The Labute approximate surface area is 190 Å². The first kappa shape index (κ1) is 22.0. The van der Waals surface area contributed by atoms with Crippen LogP contribution in [0, 0.1) is 5.92 Å². The first-order chi connectivity index (χ1) is 14.8. The topological polar surface area (TPSA) is 105 Å². The number of anilines is 1. The van der Waals surface area contributed by atoms with E-state index in [9.17, 15) is 13.2 Å². The highest BCUT2D eigenvalue weighted by molar-refractivity contribution is 7.89. The highest BCUT2D eigenvalue weighted by Crippen LogP contribution is 2.34. The summed E-state index contributed by atoms with van der Waals surface area (Å²) in [5, 5.41) is 9.66.